The van der Waals surface area contributed by atoms with Crippen molar-refractivity contribution in [1.82, 2.24) is 14.8 Å². The maximum atomic E-state index is 12.7. The molecular weight excluding hydrogens is 418 g/mol. The van der Waals surface area contributed by atoms with Crippen LogP contribution in [0.5, 0.6) is 0 Å². The van der Waals surface area contributed by atoms with Crippen LogP contribution in [0.4, 0.5) is 0 Å². The van der Waals surface area contributed by atoms with Crippen molar-refractivity contribution in [2.24, 2.45) is 0 Å². The molecule has 1 unspecified atom stereocenters. The standard InChI is InChI=1S/C19H23BrClN3O2/c1-2-23-13-15(20)11-17(23)19(25)22-12-18(24-7-9-26-10-8-24)14-3-5-16(21)6-4-14/h3-6,11,13,18H,2,7-10,12H2,1H3,(H,22,25). The van der Waals surface area contributed by atoms with E-state index in [1.54, 1.807) is 0 Å². The topological polar surface area (TPSA) is 46.5 Å². The Morgan fingerprint density at radius 2 is 2.00 bits per heavy atom. The molecule has 7 heteroatoms. The number of aryl methyl sites for hydroxylation is 1. The molecular formula is C19H23BrClN3O2. The summed E-state index contributed by atoms with van der Waals surface area (Å²) in [6.07, 6.45) is 1.92. The van der Waals surface area contributed by atoms with E-state index >= 15 is 0 Å². The van der Waals surface area contributed by atoms with Gasteiger partial charge in [-0.05, 0) is 46.6 Å². The number of carbonyl (C=O) groups is 1. The van der Waals surface area contributed by atoms with Crippen LogP contribution in [-0.4, -0.2) is 48.2 Å². The first-order valence-corrected chi connectivity index (χ1v) is 9.96. The molecule has 140 valence electrons. The Labute approximate surface area is 167 Å². The molecule has 1 aliphatic rings. The smallest absolute Gasteiger partial charge is 0.268 e. The minimum Gasteiger partial charge on any atom is -0.379 e. The van der Waals surface area contributed by atoms with Crippen LogP contribution in [0.15, 0.2) is 41.0 Å². The molecule has 2 heterocycles. The number of morpholine rings is 1. The summed E-state index contributed by atoms with van der Waals surface area (Å²) in [5.74, 6) is -0.0650. The molecule has 1 aromatic carbocycles. The fraction of sp³-hybridized carbons (Fsp3) is 0.421. The van der Waals surface area contributed by atoms with Crippen molar-refractivity contribution in [3.05, 3.63) is 57.3 Å². The first-order valence-electron chi connectivity index (χ1n) is 8.79. The van der Waals surface area contributed by atoms with Crippen molar-refractivity contribution >= 4 is 33.4 Å². The Morgan fingerprint density at radius 1 is 1.31 bits per heavy atom. The number of rotatable bonds is 6. The molecule has 0 bridgehead atoms. The molecule has 1 aliphatic heterocycles. The average molecular weight is 441 g/mol. The lowest BCUT2D eigenvalue weighted by atomic mass is 10.0. The van der Waals surface area contributed by atoms with Crippen molar-refractivity contribution in [1.29, 1.82) is 0 Å². The first kappa shape index (κ1) is 19.4. The molecule has 0 saturated carbocycles. The van der Waals surface area contributed by atoms with Gasteiger partial charge in [0.2, 0.25) is 0 Å². The molecule has 1 saturated heterocycles. The Hall–Kier alpha value is -1.34. The minimum atomic E-state index is -0.0650. The first-order chi connectivity index (χ1) is 12.6. The van der Waals surface area contributed by atoms with Crippen LogP contribution in [0.25, 0.3) is 0 Å². The predicted octanol–water partition coefficient (Wildman–Crippen LogP) is 3.73. The van der Waals surface area contributed by atoms with Gasteiger partial charge in [0, 0.05) is 41.9 Å². The van der Waals surface area contributed by atoms with E-state index in [0.717, 1.165) is 29.7 Å². The highest BCUT2D eigenvalue weighted by molar-refractivity contribution is 9.10. The number of benzene rings is 1. The van der Waals surface area contributed by atoms with Crippen molar-refractivity contribution < 1.29 is 9.53 Å². The van der Waals surface area contributed by atoms with Gasteiger partial charge >= 0.3 is 0 Å². The minimum absolute atomic E-state index is 0.0650. The van der Waals surface area contributed by atoms with Crippen LogP contribution in [0, 0.1) is 0 Å². The zero-order valence-corrected chi connectivity index (χ0v) is 17.1. The van der Waals surface area contributed by atoms with Gasteiger partial charge in [-0.15, -0.1) is 0 Å². The second-order valence-corrected chi connectivity index (χ2v) is 7.61. The second kappa shape index (κ2) is 9.04. The molecule has 0 spiro atoms. The maximum Gasteiger partial charge on any atom is 0.268 e. The fourth-order valence-corrected chi connectivity index (χ4v) is 3.83. The summed E-state index contributed by atoms with van der Waals surface area (Å²) in [6, 6.07) is 9.79. The lowest BCUT2D eigenvalue weighted by Gasteiger charge is -2.35. The molecule has 1 aromatic heterocycles. The number of halogens is 2. The molecule has 0 aliphatic carbocycles. The van der Waals surface area contributed by atoms with Crippen LogP contribution in [0.1, 0.15) is 29.0 Å². The number of ether oxygens (including phenoxy) is 1. The highest BCUT2D eigenvalue weighted by atomic mass is 79.9. The Balaban J connectivity index is 1.74. The summed E-state index contributed by atoms with van der Waals surface area (Å²) in [6.45, 7) is 6.42. The van der Waals surface area contributed by atoms with Gasteiger partial charge in [0.25, 0.3) is 5.91 Å². The number of carbonyl (C=O) groups excluding carboxylic acids is 1. The van der Waals surface area contributed by atoms with E-state index in [9.17, 15) is 4.79 Å². The molecule has 1 fully saturated rings. The number of aromatic nitrogens is 1. The maximum absolute atomic E-state index is 12.7. The van der Waals surface area contributed by atoms with Crippen LogP contribution >= 0.6 is 27.5 Å². The second-order valence-electron chi connectivity index (χ2n) is 6.26. The van der Waals surface area contributed by atoms with E-state index < -0.39 is 0 Å². The van der Waals surface area contributed by atoms with E-state index in [4.69, 9.17) is 16.3 Å². The van der Waals surface area contributed by atoms with Crippen molar-refractivity contribution in [2.45, 2.75) is 19.5 Å². The van der Waals surface area contributed by atoms with Crippen molar-refractivity contribution in [3.8, 4) is 0 Å². The van der Waals surface area contributed by atoms with Gasteiger partial charge in [-0.3, -0.25) is 9.69 Å². The fourth-order valence-electron chi connectivity index (χ4n) is 3.24. The molecule has 26 heavy (non-hydrogen) atoms. The van der Waals surface area contributed by atoms with Crippen LogP contribution < -0.4 is 5.32 Å². The van der Waals surface area contributed by atoms with Gasteiger partial charge in [0.1, 0.15) is 5.69 Å². The van der Waals surface area contributed by atoms with E-state index in [1.807, 2.05) is 48.0 Å². The van der Waals surface area contributed by atoms with E-state index in [2.05, 4.69) is 26.1 Å². The summed E-state index contributed by atoms with van der Waals surface area (Å²) >= 11 is 9.48. The van der Waals surface area contributed by atoms with Gasteiger partial charge in [0.05, 0.1) is 19.3 Å². The molecule has 3 rings (SSSR count). The molecule has 1 N–H and O–H groups in total. The SMILES string of the molecule is CCn1cc(Br)cc1C(=O)NCC(c1ccc(Cl)cc1)N1CCOCC1. The van der Waals surface area contributed by atoms with Crippen LogP contribution in [-0.2, 0) is 11.3 Å². The number of nitrogens with one attached hydrogen (secondary N) is 1. The summed E-state index contributed by atoms with van der Waals surface area (Å²) in [4.78, 5) is 15.0. The summed E-state index contributed by atoms with van der Waals surface area (Å²) in [7, 11) is 0. The van der Waals surface area contributed by atoms with Gasteiger partial charge < -0.3 is 14.6 Å². The monoisotopic (exact) mass is 439 g/mol. The molecule has 0 radical (unpaired) electrons. The number of amides is 1. The Kier molecular flexibility index (Phi) is 6.75. The third-order valence-corrected chi connectivity index (χ3v) is 5.32. The molecule has 1 atom stereocenters. The normalized spacial score (nSPS) is 16.4. The lowest BCUT2D eigenvalue weighted by Crippen LogP contribution is -2.44. The van der Waals surface area contributed by atoms with E-state index in [1.165, 1.54) is 0 Å². The highest BCUT2D eigenvalue weighted by Gasteiger charge is 2.24. The number of hydrogen-bond donors (Lipinski definition) is 1. The quantitative estimate of drug-likeness (QED) is 0.744. The van der Waals surface area contributed by atoms with Gasteiger partial charge in [0.15, 0.2) is 0 Å². The largest absolute Gasteiger partial charge is 0.379 e. The van der Waals surface area contributed by atoms with Gasteiger partial charge in [-0.2, -0.15) is 0 Å². The highest BCUT2D eigenvalue weighted by Crippen LogP contribution is 2.23. The lowest BCUT2D eigenvalue weighted by molar-refractivity contribution is 0.0162. The Bertz CT molecular complexity index is 742. The average Bonchev–Trinajstić information content (AvgIpc) is 3.05. The van der Waals surface area contributed by atoms with Crippen LogP contribution in [0.3, 0.4) is 0 Å². The van der Waals surface area contributed by atoms with E-state index in [0.29, 0.717) is 30.5 Å². The zero-order valence-electron chi connectivity index (χ0n) is 14.8. The number of hydrogen-bond acceptors (Lipinski definition) is 3. The third-order valence-electron chi connectivity index (χ3n) is 4.63. The van der Waals surface area contributed by atoms with Gasteiger partial charge in [-0.1, -0.05) is 23.7 Å². The summed E-state index contributed by atoms with van der Waals surface area (Å²) in [5.41, 5.74) is 1.81. The number of nitrogens with zero attached hydrogens (tertiary/aromatic N) is 2. The third kappa shape index (κ3) is 4.68. The van der Waals surface area contributed by atoms with E-state index in [-0.39, 0.29) is 11.9 Å². The predicted molar refractivity (Wildman–Crippen MR) is 107 cm³/mol. The summed E-state index contributed by atoms with van der Waals surface area (Å²) in [5, 5.41) is 3.81. The van der Waals surface area contributed by atoms with Crippen LogP contribution in [0.2, 0.25) is 5.02 Å². The van der Waals surface area contributed by atoms with Crippen molar-refractivity contribution in [2.75, 3.05) is 32.8 Å². The van der Waals surface area contributed by atoms with Gasteiger partial charge in [-0.25, -0.2) is 0 Å². The molecule has 5 nitrogen and oxygen atoms in total. The molecule has 2 aromatic rings. The molecule has 1 amide bonds. The zero-order chi connectivity index (χ0) is 18.5. The Morgan fingerprint density at radius 3 is 2.65 bits per heavy atom. The van der Waals surface area contributed by atoms with Crippen molar-refractivity contribution in [3.63, 3.8) is 0 Å². The summed E-state index contributed by atoms with van der Waals surface area (Å²) < 4.78 is 8.32.